The normalized spacial score (nSPS) is 11.0. The van der Waals surface area contributed by atoms with Gasteiger partial charge in [-0.2, -0.15) is 0 Å². The predicted molar refractivity (Wildman–Crippen MR) is 72.0 cm³/mol. The highest BCUT2D eigenvalue weighted by atomic mass is 19.1. The molecular weight excluding hydrogens is 243 g/mol. The average Bonchev–Trinajstić information content (AvgIpc) is 2.74. The maximum absolute atomic E-state index is 13.6. The fraction of sp³-hybridized carbons (Fsp3) is 0.143. The molecule has 0 spiro atoms. The Labute approximate surface area is 109 Å². The van der Waals surface area contributed by atoms with Gasteiger partial charge in [-0.15, -0.1) is 0 Å². The van der Waals surface area contributed by atoms with E-state index in [0.717, 1.165) is 11.2 Å². The largest absolute Gasteiger partial charge is 0.369 e. The molecule has 3 rings (SSSR count). The van der Waals surface area contributed by atoms with Crippen LogP contribution in [0.5, 0.6) is 0 Å². The van der Waals surface area contributed by atoms with Crippen LogP contribution < -0.4 is 5.73 Å². The lowest BCUT2D eigenvalue weighted by molar-refractivity contribution is 0.596. The minimum atomic E-state index is -0.196. The summed E-state index contributed by atoms with van der Waals surface area (Å²) in [6.45, 7) is 0.556. The van der Waals surface area contributed by atoms with Crippen LogP contribution in [0, 0.1) is 5.82 Å². The Bertz CT molecular complexity index is 720. The third-order valence-corrected chi connectivity index (χ3v) is 3.10. The van der Waals surface area contributed by atoms with Crippen LogP contribution in [0.1, 0.15) is 5.56 Å². The Morgan fingerprint density at radius 1 is 1.16 bits per heavy atom. The number of anilines is 1. The first-order valence-electron chi connectivity index (χ1n) is 6.06. The number of fused-ring (bicyclic) bond motifs is 1. The van der Waals surface area contributed by atoms with E-state index >= 15 is 0 Å². The Balaban J connectivity index is 1.90. The van der Waals surface area contributed by atoms with Crippen molar-refractivity contribution in [2.45, 2.75) is 13.0 Å². The second-order valence-corrected chi connectivity index (χ2v) is 4.31. The molecule has 0 bridgehead atoms. The Kier molecular flexibility index (Phi) is 2.87. The van der Waals surface area contributed by atoms with E-state index in [2.05, 4.69) is 9.97 Å². The van der Waals surface area contributed by atoms with Crippen molar-refractivity contribution in [1.29, 1.82) is 0 Å². The summed E-state index contributed by atoms with van der Waals surface area (Å²) in [6, 6.07) is 10.4. The topological polar surface area (TPSA) is 56.7 Å². The molecule has 0 aliphatic carbocycles. The molecule has 3 aromatic rings. The van der Waals surface area contributed by atoms with E-state index in [1.54, 1.807) is 18.3 Å². The molecule has 0 amide bonds. The number of nitrogen functional groups attached to an aromatic ring is 1. The summed E-state index contributed by atoms with van der Waals surface area (Å²) >= 11 is 0. The number of hydrogen-bond acceptors (Lipinski definition) is 3. The van der Waals surface area contributed by atoms with Gasteiger partial charge in [0.15, 0.2) is 5.65 Å². The summed E-state index contributed by atoms with van der Waals surface area (Å²) in [7, 11) is 0. The van der Waals surface area contributed by atoms with Crippen molar-refractivity contribution in [2.75, 3.05) is 5.73 Å². The number of imidazole rings is 1. The minimum absolute atomic E-state index is 0.196. The zero-order valence-corrected chi connectivity index (χ0v) is 10.3. The molecule has 96 valence electrons. The van der Waals surface area contributed by atoms with Gasteiger partial charge < -0.3 is 5.73 Å². The van der Waals surface area contributed by atoms with Gasteiger partial charge in [-0.25, -0.2) is 14.4 Å². The zero-order valence-electron chi connectivity index (χ0n) is 10.3. The number of nitrogens with two attached hydrogens (primary N) is 1. The van der Waals surface area contributed by atoms with Crippen molar-refractivity contribution in [2.24, 2.45) is 0 Å². The van der Waals surface area contributed by atoms with Crippen LogP contribution in [0.2, 0.25) is 0 Å². The standard InChI is InChI=1S/C14H13FN4/c15-11-5-2-1-4-10(11)7-9-19-13-12(18-14(19)16)6-3-8-17-13/h1-6,8H,7,9H2,(H2,16,18). The summed E-state index contributed by atoms with van der Waals surface area (Å²) in [5.41, 5.74) is 8.03. The molecule has 0 saturated heterocycles. The molecule has 0 atom stereocenters. The van der Waals surface area contributed by atoms with E-state index in [4.69, 9.17) is 5.73 Å². The van der Waals surface area contributed by atoms with Crippen LogP contribution in [-0.4, -0.2) is 14.5 Å². The van der Waals surface area contributed by atoms with Gasteiger partial charge in [-0.1, -0.05) is 18.2 Å². The first-order valence-corrected chi connectivity index (χ1v) is 6.06. The SMILES string of the molecule is Nc1nc2cccnc2n1CCc1ccccc1F. The molecule has 0 aliphatic rings. The van der Waals surface area contributed by atoms with E-state index in [1.807, 2.05) is 22.8 Å². The number of hydrogen-bond donors (Lipinski definition) is 1. The first-order chi connectivity index (χ1) is 9.25. The van der Waals surface area contributed by atoms with Crippen LogP contribution >= 0.6 is 0 Å². The van der Waals surface area contributed by atoms with Crippen LogP contribution in [0.3, 0.4) is 0 Å². The lowest BCUT2D eigenvalue weighted by atomic mass is 10.1. The zero-order chi connectivity index (χ0) is 13.2. The van der Waals surface area contributed by atoms with Crippen molar-refractivity contribution in [1.82, 2.24) is 14.5 Å². The van der Waals surface area contributed by atoms with Crippen LogP contribution in [-0.2, 0) is 13.0 Å². The van der Waals surface area contributed by atoms with Crippen molar-refractivity contribution in [3.63, 3.8) is 0 Å². The summed E-state index contributed by atoms with van der Waals surface area (Å²) in [6.07, 6.45) is 2.25. The molecular formula is C14H13FN4. The Morgan fingerprint density at radius 3 is 2.84 bits per heavy atom. The fourth-order valence-corrected chi connectivity index (χ4v) is 2.13. The van der Waals surface area contributed by atoms with Gasteiger partial charge in [0.2, 0.25) is 5.95 Å². The molecule has 0 fully saturated rings. The number of nitrogens with zero attached hydrogens (tertiary/aromatic N) is 3. The average molecular weight is 256 g/mol. The lowest BCUT2D eigenvalue weighted by Gasteiger charge is -2.06. The smallest absolute Gasteiger partial charge is 0.202 e. The quantitative estimate of drug-likeness (QED) is 0.782. The molecule has 0 unspecified atom stereocenters. The summed E-state index contributed by atoms with van der Waals surface area (Å²) in [5.74, 6) is 0.212. The fourth-order valence-electron chi connectivity index (χ4n) is 2.13. The minimum Gasteiger partial charge on any atom is -0.369 e. The molecule has 0 radical (unpaired) electrons. The number of aromatic nitrogens is 3. The van der Waals surface area contributed by atoms with Crippen molar-refractivity contribution >= 4 is 17.1 Å². The summed E-state index contributed by atoms with van der Waals surface area (Å²) in [5, 5.41) is 0. The van der Waals surface area contributed by atoms with Crippen molar-refractivity contribution in [3.05, 3.63) is 54.0 Å². The van der Waals surface area contributed by atoms with Gasteiger partial charge >= 0.3 is 0 Å². The third-order valence-electron chi connectivity index (χ3n) is 3.10. The third kappa shape index (κ3) is 2.14. The van der Waals surface area contributed by atoms with Gasteiger partial charge in [-0.3, -0.25) is 4.57 Å². The summed E-state index contributed by atoms with van der Waals surface area (Å²) < 4.78 is 15.4. The van der Waals surface area contributed by atoms with E-state index in [9.17, 15) is 4.39 Å². The van der Waals surface area contributed by atoms with Gasteiger partial charge in [0.05, 0.1) is 0 Å². The van der Waals surface area contributed by atoms with Gasteiger partial charge in [0.25, 0.3) is 0 Å². The summed E-state index contributed by atoms with van der Waals surface area (Å²) in [4.78, 5) is 8.50. The van der Waals surface area contributed by atoms with Crippen molar-refractivity contribution < 1.29 is 4.39 Å². The maximum Gasteiger partial charge on any atom is 0.202 e. The second-order valence-electron chi connectivity index (χ2n) is 4.31. The number of pyridine rings is 1. The van der Waals surface area contributed by atoms with Gasteiger partial charge in [0, 0.05) is 12.7 Å². The Hall–Kier alpha value is -2.43. The van der Waals surface area contributed by atoms with Crippen LogP contribution in [0.4, 0.5) is 10.3 Å². The van der Waals surface area contributed by atoms with Crippen LogP contribution in [0.15, 0.2) is 42.6 Å². The molecule has 0 aliphatic heterocycles. The number of halogens is 1. The molecule has 5 heteroatoms. The monoisotopic (exact) mass is 256 g/mol. The van der Waals surface area contributed by atoms with Crippen molar-refractivity contribution in [3.8, 4) is 0 Å². The second kappa shape index (κ2) is 4.68. The van der Waals surface area contributed by atoms with E-state index in [1.165, 1.54) is 6.07 Å². The molecule has 2 N–H and O–H groups in total. The number of rotatable bonds is 3. The van der Waals surface area contributed by atoms with Gasteiger partial charge in [-0.05, 0) is 30.2 Å². The molecule has 2 heterocycles. The van der Waals surface area contributed by atoms with E-state index in [0.29, 0.717) is 24.5 Å². The predicted octanol–water partition coefficient (Wildman–Crippen LogP) is 2.40. The lowest BCUT2D eigenvalue weighted by Crippen LogP contribution is -2.07. The number of aryl methyl sites for hydroxylation is 2. The maximum atomic E-state index is 13.6. The van der Waals surface area contributed by atoms with E-state index < -0.39 is 0 Å². The highest BCUT2D eigenvalue weighted by Gasteiger charge is 2.09. The van der Waals surface area contributed by atoms with Crippen LogP contribution in [0.25, 0.3) is 11.2 Å². The molecule has 1 aromatic carbocycles. The molecule has 0 saturated carbocycles. The molecule has 4 nitrogen and oxygen atoms in total. The van der Waals surface area contributed by atoms with E-state index in [-0.39, 0.29) is 5.82 Å². The molecule has 19 heavy (non-hydrogen) atoms. The highest BCUT2D eigenvalue weighted by Crippen LogP contribution is 2.16. The first kappa shape index (κ1) is 11.6. The number of benzene rings is 1. The Morgan fingerprint density at radius 2 is 2.00 bits per heavy atom. The van der Waals surface area contributed by atoms with Gasteiger partial charge in [0.1, 0.15) is 11.3 Å². The highest BCUT2D eigenvalue weighted by molar-refractivity contribution is 5.73. The molecule has 2 aromatic heterocycles.